The highest BCUT2D eigenvalue weighted by Crippen LogP contribution is 2.42. The minimum absolute atomic E-state index is 0.0347. The van der Waals surface area contributed by atoms with Crippen molar-refractivity contribution in [2.45, 2.75) is 42.3 Å². The summed E-state index contributed by atoms with van der Waals surface area (Å²) in [5, 5.41) is 55.2. The number of anilines is 1. The van der Waals surface area contributed by atoms with Crippen LogP contribution in [0.2, 0.25) is 0 Å². The Hall–Kier alpha value is -5.19. The average molecular weight is 658 g/mol. The Kier molecular flexibility index (Phi) is 8.14. The number of thioether (sulfide) groups is 1. The summed E-state index contributed by atoms with van der Waals surface area (Å²) in [6, 6.07) is 0.615. The second-order valence-electron chi connectivity index (χ2n) is 10.1. The maximum atomic E-state index is 13.3. The van der Waals surface area contributed by atoms with Crippen molar-refractivity contribution in [1.29, 1.82) is 5.26 Å². The normalized spacial score (nSPS) is 21.0. The molecular weight excluding hydrogens is 634 g/mol. The molecule has 3 heterocycles. The van der Waals surface area contributed by atoms with Gasteiger partial charge in [-0.25, -0.2) is 14.6 Å². The third-order valence-corrected chi connectivity index (χ3v) is 9.46. The van der Waals surface area contributed by atoms with E-state index in [1.54, 1.807) is 6.07 Å². The van der Waals surface area contributed by atoms with Crippen LogP contribution in [0.5, 0.6) is 11.5 Å². The average Bonchev–Trinajstić information content (AvgIpc) is 3.41. The number of β-lactam (4-membered cyclic amide) rings is 1. The molecule has 0 radical (unpaired) electrons. The van der Waals surface area contributed by atoms with Gasteiger partial charge in [-0.15, -0.1) is 23.1 Å². The van der Waals surface area contributed by atoms with Gasteiger partial charge in [-0.1, -0.05) is 5.16 Å². The molecule has 1 saturated carbocycles. The molecule has 9 N–H and O–H groups in total. The summed E-state index contributed by atoms with van der Waals surface area (Å²) in [5.41, 5.74) is 8.33. The summed E-state index contributed by atoms with van der Waals surface area (Å²) >= 11 is 1.99. The van der Waals surface area contributed by atoms with Gasteiger partial charge in [0, 0.05) is 29.5 Å². The number of nitrogens with two attached hydrogens (primary N) is 2. The number of oxime groups is 1. The molecule has 5 rings (SSSR count). The van der Waals surface area contributed by atoms with E-state index in [1.807, 2.05) is 0 Å². The Morgan fingerprint density at radius 3 is 2.51 bits per heavy atom. The van der Waals surface area contributed by atoms with Crippen molar-refractivity contribution in [3.8, 4) is 17.6 Å². The zero-order valence-electron chi connectivity index (χ0n) is 22.8. The van der Waals surface area contributed by atoms with Crippen molar-refractivity contribution in [1.82, 2.24) is 15.2 Å². The fourth-order valence-corrected chi connectivity index (χ4v) is 6.80. The predicted molar refractivity (Wildman–Crippen MR) is 155 cm³/mol. The molecule has 3 atom stereocenters. The molecule has 2 unspecified atom stereocenters. The fourth-order valence-electron chi connectivity index (χ4n) is 4.85. The number of carboxylic acids is 2. The molecule has 2 fully saturated rings. The molecule has 2 amide bonds. The molecule has 17 nitrogen and oxygen atoms in total. The van der Waals surface area contributed by atoms with E-state index in [1.165, 1.54) is 5.38 Å². The van der Waals surface area contributed by atoms with Crippen LogP contribution in [0.15, 0.2) is 33.9 Å². The van der Waals surface area contributed by atoms with E-state index >= 15 is 0 Å². The maximum absolute atomic E-state index is 13.3. The third kappa shape index (κ3) is 5.39. The van der Waals surface area contributed by atoms with Crippen LogP contribution in [0, 0.1) is 11.3 Å². The number of aromatic hydroxyl groups is 2. The second-order valence-corrected chi connectivity index (χ2v) is 12.1. The molecule has 19 heteroatoms. The first-order chi connectivity index (χ1) is 21.3. The van der Waals surface area contributed by atoms with Crippen LogP contribution >= 0.6 is 23.1 Å². The Bertz CT molecular complexity index is 1760. The van der Waals surface area contributed by atoms with Gasteiger partial charge >= 0.3 is 11.9 Å². The smallest absolute Gasteiger partial charge is 0.352 e. The number of nitrogens with one attached hydrogen (secondary N) is 1. The summed E-state index contributed by atoms with van der Waals surface area (Å²) in [4.78, 5) is 73.9. The van der Waals surface area contributed by atoms with Gasteiger partial charge in [0.1, 0.15) is 28.9 Å². The number of rotatable bonds is 10. The zero-order valence-corrected chi connectivity index (χ0v) is 24.4. The number of phenolic OH excluding ortho intramolecular Hbond substituents is 2. The topological polar surface area (TPSA) is 292 Å². The monoisotopic (exact) mass is 657 g/mol. The number of carbonyl (C=O) groups excluding carboxylic acids is 3. The van der Waals surface area contributed by atoms with Crippen molar-refractivity contribution < 1.29 is 49.2 Å². The number of fused-ring (bicyclic) bond motifs is 1. The molecule has 0 bridgehead atoms. The number of carbonyl (C=O) groups is 5. The predicted octanol–water partition coefficient (Wildman–Crippen LogP) is -0.315. The van der Waals surface area contributed by atoms with Gasteiger partial charge in [-0.05, 0) is 24.1 Å². The first-order valence-corrected chi connectivity index (χ1v) is 14.9. The lowest BCUT2D eigenvalue weighted by Crippen LogP contribution is -2.71. The number of aromatic nitrogens is 1. The molecule has 1 aliphatic carbocycles. The number of carboxylic acid groups (broad SMARTS) is 2. The largest absolute Gasteiger partial charge is 0.504 e. The first kappa shape index (κ1) is 31.2. The number of hydrogen-bond donors (Lipinski definition) is 7. The van der Waals surface area contributed by atoms with Crippen LogP contribution in [0.4, 0.5) is 5.13 Å². The highest BCUT2D eigenvalue weighted by molar-refractivity contribution is 8.00. The number of hydrogen-bond acceptors (Lipinski definition) is 15. The molecule has 1 aromatic carbocycles. The standard InChI is InChI=1S/C26H23N7O10S2/c27-6-10-4-9(5-13(34)18(10)35)19(36)14(28)11-7-44-22-16(21(38)33(22)17(11)23(39)40)31-20(37)15(12-8-45-25(29)30-12)32-43-26(24(41)42)2-1-3-26/h4-5,8,14,16,22,34-35H,1-3,7,28H2,(H2,29,30)(H,31,37)(H,39,40)(H,41,42)/b32-15-/t14?,16?,22-/m1/s1. The Morgan fingerprint density at radius 2 is 1.96 bits per heavy atom. The zero-order chi connectivity index (χ0) is 32.8. The van der Waals surface area contributed by atoms with E-state index in [0.717, 1.165) is 40.1 Å². The van der Waals surface area contributed by atoms with Crippen molar-refractivity contribution in [2.24, 2.45) is 10.9 Å². The molecule has 3 aliphatic rings. The van der Waals surface area contributed by atoms with Gasteiger partial charge in [-0.2, -0.15) is 5.26 Å². The lowest BCUT2D eigenvalue weighted by Gasteiger charge is -2.49. The fraction of sp³-hybridized carbons (Fsp3) is 0.308. The SMILES string of the molecule is N#Cc1cc(C(=O)C(N)C2=C(C(=O)O)N3C(=O)C(NC(=O)/C(=N\OC4(C(=O)O)CCC4)c4csc(N)n4)[C@H]3SC2)cc(O)c1O. The van der Waals surface area contributed by atoms with E-state index < -0.39 is 81.1 Å². The van der Waals surface area contributed by atoms with Crippen molar-refractivity contribution in [2.75, 3.05) is 11.5 Å². The van der Waals surface area contributed by atoms with E-state index in [0.29, 0.717) is 6.42 Å². The van der Waals surface area contributed by atoms with Gasteiger partial charge in [0.15, 0.2) is 28.1 Å². The van der Waals surface area contributed by atoms with Gasteiger partial charge < -0.3 is 42.0 Å². The van der Waals surface area contributed by atoms with Gasteiger partial charge in [0.2, 0.25) is 5.60 Å². The van der Waals surface area contributed by atoms with Crippen LogP contribution in [-0.4, -0.2) is 94.4 Å². The molecule has 1 saturated heterocycles. The molecule has 2 aliphatic heterocycles. The highest BCUT2D eigenvalue weighted by Gasteiger charge is 2.55. The molecule has 2 aromatic rings. The molecular formula is C26H23N7O10S2. The highest BCUT2D eigenvalue weighted by atomic mass is 32.2. The number of phenols is 2. The number of amides is 2. The number of benzene rings is 1. The number of thiazole rings is 1. The van der Waals surface area contributed by atoms with Crippen LogP contribution < -0.4 is 16.8 Å². The van der Waals surface area contributed by atoms with Crippen LogP contribution in [0.25, 0.3) is 0 Å². The van der Waals surface area contributed by atoms with Crippen LogP contribution in [0.1, 0.15) is 40.9 Å². The second kappa shape index (κ2) is 11.7. The van der Waals surface area contributed by atoms with Gasteiger partial charge in [0.05, 0.1) is 11.6 Å². The van der Waals surface area contributed by atoms with E-state index in [-0.39, 0.29) is 40.6 Å². The minimum Gasteiger partial charge on any atom is -0.504 e. The van der Waals surface area contributed by atoms with Gasteiger partial charge in [-0.3, -0.25) is 19.3 Å². The van der Waals surface area contributed by atoms with Crippen molar-refractivity contribution in [3.05, 3.63) is 45.6 Å². The minimum atomic E-state index is -1.61. The van der Waals surface area contributed by atoms with Crippen LogP contribution in [-0.2, 0) is 24.0 Å². The molecule has 0 spiro atoms. The number of aliphatic carboxylic acids is 2. The van der Waals surface area contributed by atoms with Crippen molar-refractivity contribution >= 4 is 63.5 Å². The summed E-state index contributed by atoms with van der Waals surface area (Å²) in [5.74, 6) is -7.18. The van der Waals surface area contributed by atoms with Crippen molar-refractivity contribution in [3.63, 3.8) is 0 Å². The number of Topliss-reactive ketones (excluding diaryl/α,β-unsaturated/α-hetero) is 1. The Balaban J connectivity index is 1.38. The lowest BCUT2D eigenvalue weighted by molar-refractivity contribution is -0.178. The van der Waals surface area contributed by atoms with E-state index in [4.69, 9.17) is 21.6 Å². The number of nitriles is 1. The summed E-state index contributed by atoms with van der Waals surface area (Å²) < 4.78 is 0. The van der Waals surface area contributed by atoms with Crippen LogP contribution in [0.3, 0.4) is 0 Å². The quantitative estimate of drug-likeness (QED) is 0.0566. The Morgan fingerprint density at radius 1 is 1.24 bits per heavy atom. The third-order valence-electron chi connectivity index (χ3n) is 7.48. The number of ketones is 1. The number of nitrogen functional groups attached to an aromatic ring is 1. The van der Waals surface area contributed by atoms with Gasteiger partial charge in [0.25, 0.3) is 11.8 Å². The molecule has 234 valence electrons. The number of nitrogens with zero attached hydrogens (tertiary/aromatic N) is 4. The van der Waals surface area contributed by atoms with E-state index in [2.05, 4.69) is 15.5 Å². The lowest BCUT2D eigenvalue weighted by atomic mass is 9.80. The Labute approximate surface area is 260 Å². The molecule has 45 heavy (non-hydrogen) atoms. The molecule has 1 aromatic heterocycles. The maximum Gasteiger partial charge on any atom is 0.352 e. The summed E-state index contributed by atoms with van der Waals surface area (Å²) in [7, 11) is 0. The van der Waals surface area contributed by atoms with E-state index in [9.17, 15) is 44.4 Å². The first-order valence-electron chi connectivity index (χ1n) is 13.0. The summed E-state index contributed by atoms with van der Waals surface area (Å²) in [6.07, 6.45) is 0.909. The summed E-state index contributed by atoms with van der Waals surface area (Å²) in [6.45, 7) is 0.